The van der Waals surface area contributed by atoms with Crippen LogP contribution in [0.5, 0.6) is 0 Å². The van der Waals surface area contributed by atoms with Crippen molar-refractivity contribution in [1.29, 1.82) is 0 Å². The zero-order valence-corrected chi connectivity index (χ0v) is 23.1. The molecule has 1 aromatic rings. The van der Waals surface area contributed by atoms with E-state index >= 15 is 0 Å². The molecule has 170 valence electrons. The Morgan fingerprint density at radius 2 is 2.06 bits per heavy atom. The van der Waals surface area contributed by atoms with E-state index in [2.05, 4.69) is 15.5 Å². The van der Waals surface area contributed by atoms with Crippen LogP contribution in [0.25, 0.3) is 0 Å². The first-order valence-electron chi connectivity index (χ1n) is 9.43. The third-order valence-corrected chi connectivity index (χ3v) is 9.60. The topological polar surface area (TPSA) is 149 Å². The first-order chi connectivity index (χ1) is 14.6. The molecule has 1 aromatic heterocycles. The first kappa shape index (κ1) is 27.6. The van der Waals surface area contributed by atoms with Crippen molar-refractivity contribution in [3.8, 4) is 0 Å². The molecular formula is C17H21N4NaO6S4. The molecule has 0 aromatic carbocycles. The van der Waals surface area contributed by atoms with Crippen molar-refractivity contribution in [2.75, 3.05) is 23.0 Å². The summed E-state index contributed by atoms with van der Waals surface area (Å²) < 4.78 is 24.6. The van der Waals surface area contributed by atoms with Crippen molar-refractivity contribution < 1.29 is 57.5 Å². The quantitative estimate of drug-likeness (QED) is 0.185. The van der Waals surface area contributed by atoms with Crippen LogP contribution in [0, 0.1) is 6.92 Å². The van der Waals surface area contributed by atoms with Gasteiger partial charge in [0.2, 0.25) is 5.91 Å². The smallest absolute Gasteiger partial charge is 0.543 e. The van der Waals surface area contributed by atoms with Gasteiger partial charge in [0.25, 0.3) is 5.91 Å². The molecule has 0 spiro atoms. The molecule has 0 bridgehead atoms. The van der Waals surface area contributed by atoms with Gasteiger partial charge < -0.3 is 15.2 Å². The predicted octanol–water partition coefficient (Wildman–Crippen LogP) is -3.44. The molecule has 2 aliphatic heterocycles. The van der Waals surface area contributed by atoms with Crippen molar-refractivity contribution in [3.63, 3.8) is 0 Å². The summed E-state index contributed by atoms with van der Waals surface area (Å²) in [7, 11) is -3.55. The largest absolute Gasteiger partial charge is 1.00 e. The zero-order chi connectivity index (χ0) is 22.8. The summed E-state index contributed by atoms with van der Waals surface area (Å²) in [4.78, 5) is 37.6. The summed E-state index contributed by atoms with van der Waals surface area (Å²) in [5.74, 6) is -2.95. The van der Waals surface area contributed by atoms with Gasteiger partial charge in [-0.15, -0.1) is 22.0 Å². The number of nitrogens with one attached hydrogen (secondary N) is 1. The van der Waals surface area contributed by atoms with Gasteiger partial charge in [-0.25, -0.2) is 8.42 Å². The average Bonchev–Trinajstić information content (AvgIpc) is 3.12. The van der Waals surface area contributed by atoms with Gasteiger partial charge >= 0.3 is 29.6 Å². The minimum Gasteiger partial charge on any atom is -0.543 e. The number of aryl methyl sites for hydroxylation is 1. The van der Waals surface area contributed by atoms with E-state index in [9.17, 15) is 27.9 Å². The van der Waals surface area contributed by atoms with Crippen molar-refractivity contribution in [1.82, 2.24) is 20.4 Å². The maximum Gasteiger partial charge on any atom is 1.00 e. The molecule has 32 heavy (non-hydrogen) atoms. The Labute approximate surface area is 220 Å². The number of hydrogen-bond donors (Lipinski definition) is 1. The predicted molar refractivity (Wildman–Crippen MR) is 116 cm³/mol. The Morgan fingerprint density at radius 3 is 2.66 bits per heavy atom. The maximum atomic E-state index is 12.6. The minimum absolute atomic E-state index is 0. The van der Waals surface area contributed by atoms with Crippen molar-refractivity contribution >= 4 is 62.5 Å². The van der Waals surface area contributed by atoms with Crippen LogP contribution < -0.4 is 40.0 Å². The van der Waals surface area contributed by atoms with Crippen molar-refractivity contribution in [3.05, 3.63) is 16.3 Å². The zero-order valence-electron chi connectivity index (χ0n) is 17.8. The summed E-state index contributed by atoms with van der Waals surface area (Å²) in [6.07, 6.45) is 1.15. The molecule has 2 amide bonds. The first-order valence-corrected chi connectivity index (χ1v) is 14.1. The van der Waals surface area contributed by atoms with Gasteiger partial charge in [0, 0.05) is 11.5 Å². The monoisotopic (exact) mass is 528 g/mol. The van der Waals surface area contributed by atoms with Crippen molar-refractivity contribution in [2.24, 2.45) is 0 Å². The number of carbonyl (C=O) groups is 3. The van der Waals surface area contributed by atoms with E-state index in [1.54, 1.807) is 0 Å². The van der Waals surface area contributed by atoms with Gasteiger partial charge in [-0.05, 0) is 18.9 Å². The van der Waals surface area contributed by atoms with E-state index in [1.165, 1.54) is 34.9 Å². The Bertz CT molecular complexity index is 1030. The van der Waals surface area contributed by atoms with Gasteiger partial charge in [0.05, 0.1) is 17.4 Å². The number of carboxylic acids is 1. The fourth-order valence-corrected chi connectivity index (χ4v) is 7.78. The second-order valence-electron chi connectivity index (χ2n) is 7.02. The number of nitrogens with zero attached hydrogens (tertiary/aromatic N) is 3. The van der Waals surface area contributed by atoms with Crippen molar-refractivity contribution in [2.45, 2.75) is 42.4 Å². The number of carbonyl (C=O) groups excluding carboxylic acids is 3. The second-order valence-corrected chi connectivity index (χ2v) is 12.7. The summed E-state index contributed by atoms with van der Waals surface area (Å²) in [6.45, 7) is 3.67. The van der Waals surface area contributed by atoms with Crippen LogP contribution in [0.3, 0.4) is 0 Å². The molecule has 10 nitrogen and oxygen atoms in total. The summed E-state index contributed by atoms with van der Waals surface area (Å²) >= 11 is 4.03. The maximum absolute atomic E-state index is 12.6. The fourth-order valence-electron chi connectivity index (χ4n) is 3.12. The van der Waals surface area contributed by atoms with E-state index < -0.39 is 44.8 Å². The van der Waals surface area contributed by atoms with E-state index in [4.69, 9.17) is 0 Å². The van der Waals surface area contributed by atoms with Gasteiger partial charge in [-0.1, -0.05) is 36.4 Å². The standard InChI is InChI=1S/C17H22N4O6S4.Na/c1-3-4-5-31(26,27)8-11(22)18-12-14(23)21-13(16(24)25)10(6-28-15(12)21)7-29-17-20-19-9(2)30-17;/h12,15H,3-8H2,1-2H3,(H,18,22)(H,24,25);/q;+1/p-1/t12-,15-;/m1./s1. The third kappa shape index (κ3) is 6.48. The molecule has 0 radical (unpaired) electrons. The van der Waals surface area contributed by atoms with Gasteiger partial charge in [-0.2, -0.15) is 0 Å². The molecule has 0 unspecified atom stereocenters. The van der Waals surface area contributed by atoms with Crippen LogP contribution in [0.2, 0.25) is 0 Å². The van der Waals surface area contributed by atoms with Crippen LogP contribution in [0.1, 0.15) is 24.8 Å². The Balaban J connectivity index is 0.00000363. The van der Waals surface area contributed by atoms with Crippen LogP contribution in [-0.2, 0) is 24.2 Å². The second kappa shape index (κ2) is 11.7. The number of thioether (sulfide) groups is 2. The van der Waals surface area contributed by atoms with Gasteiger partial charge in [0.15, 0.2) is 14.2 Å². The number of hydrogen-bond acceptors (Lipinski definition) is 11. The number of sulfone groups is 1. The minimum atomic E-state index is -3.55. The molecule has 3 rings (SSSR count). The molecule has 0 saturated carbocycles. The van der Waals surface area contributed by atoms with Crippen LogP contribution in [0.4, 0.5) is 0 Å². The number of amides is 2. The summed E-state index contributed by atoms with van der Waals surface area (Å²) in [5.41, 5.74) is 0.336. The molecule has 1 saturated heterocycles. The van der Waals surface area contributed by atoms with E-state index in [1.807, 2.05) is 13.8 Å². The number of fused-ring (bicyclic) bond motifs is 1. The Hall–Kier alpha value is -0.640. The Morgan fingerprint density at radius 1 is 1.34 bits per heavy atom. The normalized spacial score (nSPS) is 20.3. The number of aliphatic carboxylic acids is 1. The number of carboxylic acid groups (broad SMARTS) is 1. The molecule has 2 aliphatic rings. The van der Waals surface area contributed by atoms with Gasteiger partial charge in [0.1, 0.15) is 22.2 Å². The number of unbranched alkanes of at least 4 members (excludes halogenated alkanes) is 1. The molecule has 15 heteroatoms. The number of rotatable bonds is 10. The van der Waals surface area contributed by atoms with Crippen LogP contribution in [0.15, 0.2) is 15.6 Å². The van der Waals surface area contributed by atoms with E-state index in [0.717, 1.165) is 9.91 Å². The van der Waals surface area contributed by atoms with Crippen LogP contribution in [-0.4, -0.2) is 75.7 Å². The molecule has 1 fully saturated rings. The molecular weight excluding hydrogens is 507 g/mol. The van der Waals surface area contributed by atoms with Crippen LogP contribution >= 0.6 is 34.9 Å². The SMILES string of the molecule is CCCCS(=O)(=O)CC(=O)N[C@@H]1C(=O)N2C(C(=O)[O-])=C(CSc3nnc(C)s3)CS[C@H]12.[Na+]. The fraction of sp³-hybridized carbons (Fsp3) is 0.588. The third-order valence-electron chi connectivity index (χ3n) is 4.59. The van der Waals surface area contributed by atoms with E-state index in [-0.39, 0.29) is 41.0 Å². The number of aromatic nitrogens is 2. The molecule has 3 heterocycles. The molecule has 1 N–H and O–H groups in total. The average molecular weight is 529 g/mol. The van der Waals surface area contributed by atoms with E-state index in [0.29, 0.717) is 34.3 Å². The number of β-lactam (4-membered cyclic amide) rings is 1. The molecule has 2 atom stereocenters. The van der Waals surface area contributed by atoms with Gasteiger partial charge in [-0.3, -0.25) is 14.5 Å². The summed E-state index contributed by atoms with van der Waals surface area (Å²) in [5, 5.41) is 22.3. The molecule has 0 aliphatic carbocycles. The Kier molecular flexibility index (Phi) is 10.1. The summed E-state index contributed by atoms with van der Waals surface area (Å²) in [6, 6.07) is -0.965.